The van der Waals surface area contributed by atoms with Crippen molar-refractivity contribution in [3.8, 4) is 11.5 Å². The van der Waals surface area contributed by atoms with E-state index in [0.717, 1.165) is 10.9 Å². The Morgan fingerprint density at radius 1 is 1.04 bits per heavy atom. The number of hydrogen-bond donors (Lipinski definition) is 0. The average Bonchev–Trinajstić information content (AvgIpc) is 2.66. The molecule has 0 radical (unpaired) electrons. The van der Waals surface area contributed by atoms with Crippen molar-refractivity contribution in [3.05, 3.63) is 71.8 Å². The first-order valence-corrected chi connectivity index (χ1v) is 8.79. The molecule has 1 unspecified atom stereocenters. The molecule has 6 heteroatoms. The van der Waals surface area contributed by atoms with Crippen LogP contribution in [0.5, 0.6) is 11.5 Å². The summed E-state index contributed by atoms with van der Waals surface area (Å²) in [5, 5.41) is 1.38. The molecule has 0 fully saturated rings. The number of carbonyl (C=O) groups is 2. The highest BCUT2D eigenvalue weighted by Gasteiger charge is 2.40. The number of fused-ring (bicyclic) bond motifs is 2. The second-order valence-corrected chi connectivity index (χ2v) is 6.55. The molecule has 0 N–H and O–H groups in total. The van der Waals surface area contributed by atoms with Gasteiger partial charge in [-0.25, -0.2) is 4.79 Å². The monoisotopic (exact) mass is 378 g/mol. The van der Waals surface area contributed by atoms with Crippen molar-refractivity contribution in [1.29, 1.82) is 0 Å². The van der Waals surface area contributed by atoms with Crippen LogP contribution >= 0.6 is 0 Å². The first-order chi connectivity index (χ1) is 13.4. The van der Waals surface area contributed by atoms with E-state index in [1.165, 1.54) is 6.92 Å². The molecule has 4 rings (SSSR count). The van der Waals surface area contributed by atoms with E-state index in [-0.39, 0.29) is 12.2 Å². The van der Waals surface area contributed by atoms with Gasteiger partial charge in [-0.3, -0.25) is 4.79 Å². The first-order valence-electron chi connectivity index (χ1n) is 8.79. The molecule has 0 amide bonds. The van der Waals surface area contributed by atoms with Gasteiger partial charge in [-0.1, -0.05) is 42.5 Å². The van der Waals surface area contributed by atoms with E-state index in [1.54, 1.807) is 31.2 Å². The number of benzene rings is 3. The lowest BCUT2D eigenvalue weighted by atomic mass is 10.0. The Hall–Kier alpha value is -3.38. The smallest absolute Gasteiger partial charge is 0.371 e. The molecule has 0 bridgehead atoms. The number of esters is 2. The minimum atomic E-state index is -1.57. The number of carbonyl (C=O) groups excluding carboxylic acids is 2. The Morgan fingerprint density at radius 3 is 2.57 bits per heavy atom. The van der Waals surface area contributed by atoms with Crippen LogP contribution in [-0.2, 0) is 20.9 Å². The molecular formula is C22H18O6. The molecule has 28 heavy (non-hydrogen) atoms. The second-order valence-electron chi connectivity index (χ2n) is 6.55. The lowest BCUT2D eigenvalue weighted by Gasteiger charge is -2.34. The van der Waals surface area contributed by atoms with Crippen LogP contribution in [0.2, 0.25) is 0 Å². The van der Waals surface area contributed by atoms with E-state index in [2.05, 4.69) is 0 Å². The maximum Gasteiger partial charge on any atom is 0.371 e. The highest BCUT2D eigenvalue weighted by molar-refractivity contribution is 6.01. The molecule has 0 aromatic heterocycles. The molecule has 0 spiro atoms. The zero-order valence-electron chi connectivity index (χ0n) is 15.4. The van der Waals surface area contributed by atoms with E-state index >= 15 is 0 Å². The molecule has 142 valence electrons. The quantitative estimate of drug-likeness (QED) is 0.500. The predicted octanol–water partition coefficient (Wildman–Crippen LogP) is 4.20. The Labute approximate surface area is 161 Å². The van der Waals surface area contributed by atoms with Crippen LogP contribution in [0.25, 0.3) is 10.8 Å². The third-order valence-electron chi connectivity index (χ3n) is 4.33. The summed E-state index contributed by atoms with van der Waals surface area (Å²) in [5.74, 6) is -1.84. The fourth-order valence-electron chi connectivity index (χ4n) is 3.06. The van der Waals surface area contributed by atoms with Gasteiger partial charge in [0.15, 0.2) is 0 Å². The van der Waals surface area contributed by atoms with Crippen molar-refractivity contribution in [1.82, 2.24) is 0 Å². The summed E-state index contributed by atoms with van der Waals surface area (Å²) in [4.78, 5) is 23.9. The highest BCUT2D eigenvalue weighted by atomic mass is 16.9. The van der Waals surface area contributed by atoms with Crippen LogP contribution in [0.15, 0.2) is 60.7 Å². The normalized spacial score (nSPS) is 18.1. The number of cyclic esters (lactones) is 1. The molecule has 3 aromatic carbocycles. The first kappa shape index (κ1) is 18.0. The highest BCUT2D eigenvalue weighted by Crippen LogP contribution is 2.38. The van der Waals surface area contributed by atoms with E-state index in [9.17, 15) is 9.59 Å². The van der Waals surface area contributed by atoms with Gasteiger partial charge in [-0.15, -0.1) is 0 Å². The number of ether oxygens (including phenoxy) is 4. The Balaban J connectivity index is 1.66. The summed E-state index contributed by atoms with van der Waals surface area (Å²) >= 11 is 0. The standard InChI is InChI=1S/C22H18O6/c1-14(23)26-19-10-6-9-16-11-18-20(12-17(16)19)27-22(2,28-21(18)24)25-13-15-7-4-3-5-8-15/h3-12H,13H2,1-2H3. The molecule has 0 aliphatic carbocycles. The summed E-state index contributed by atoms with van der Waals surface area (Å²) in [6.07, 6.45) is 0. The van der Waals surface area contributed by atoms with Gasteiger partial charge in [-0.2, -0.15) is 0 Å². The third-order valence-corrected chi connectivity index (χ3v) is 4.33. The van der Waals surface area contributed by atoms with Gasteiger partial charge in [0.2, 0.25) is 0 Å². The van der Waals surface area contributed by atoms with Gasteiger partial charge in [0.25, 0.3) is 0 Å². The van der Waals surface area contributed by atoms with Gasteiger partial charge >= 0.3 is 17.9 Å². The largest absolute Gasteiger partial charge is 0.429 e. The van der Waals surface area contributed by atoms with E-state index in [0.29, 0.717) is 16.9 Å². The Morgan fingerprint density at radius 2 is 1.82 bits per heavy atom. The lowest BCUT2D eigenvalue weighted by molar-refractivity contribution is -0.314. The van der Waals surface area contributed by atoms with Crippen molar-refractivity contribution in [2.24, 2.45) is 0 Å². The zero-order chi connectivity index (χ0) is 19.7. The van der Waals surface area contributed by atoms with Gasteiger partial charge in [0.05, 0.1) is 6.61 Å². The summed E-state index contributed by atoms with van der Waals surface area (Å²) in [5.41, 5.74) is 1.21. The Kier molecular flexibility index (Phi) is 4.49. The van der Waals surface area contributed by atoms with Gasteiger partial charge < -0.3 is 18.9 Å². The van der Waals surface area contributed by atoms with Crippen molar-refractivity contribution in [3.63, 3.8) is 0 Å². The van der Waals surface area contributed by atoms with Gasteiger partial charge in [0.1, 0.15) is 17.1 Å². The summed E-state index contributed by atoms with van der Waals surface area (Å²) in [7, 11) is 0. The molecule has 0 saturated heterocycles. The molecule has 1 aliphatic heterocycles. The van der Waals surface area contributed by atoms with Crippen molar-refractivity contribution >= 4 is 22.7 Å². The molecule has 1 atom stereocenters. The van der Waals surface area contributed by atoms with Crippen molar-refractivity contribution in [2.45, 2.75) is 26.4 Å². The van der Waals surface area contributed by atoms with E-state index in [1.807, 2.05) is 36.4 Å². The average molecular weight is 378 g/mol. The van der Waals surface area contributed by atoms with E-state index < -0.39 is 17.9 Å². The maximum absolute atomic E-state index is 12.6. The molecule has 3 aromatic rings. The maximum atomic E-state index is 12.6. The summed E-state index contributed by atoms with van der Waals surface area (Å²) in [6.45, 7) is 3.09. The third kappa shape index (κ3) is 3.54. The van der Waals surface area contributed by atoms with Crippen LogP contribution in [0.3, 0.4) is 0 Å². The number of hydrogen-bond acceptors (Lipinski definition) is 6. The van der Waals surface area contributed by atoms with Gasteiger partial charge in [0, 0.05) is 19.2 Å². The summed E-state index contributed by atoms with van der Waals surface area (Å²) < 4.78 is 22.3. The molecule has 1 heterocycles. The van der Waals surface area contributed by atoms with Gasteiger partial charge in [-0.05, 0) is 29.1 Å². The molecule has 1 aliphatic rings. The Bertz CT molecular complexity index is 1060. The van der Waals surface area contributed by atoms with Crippen LogP contribution in [0, 0.1) is 0 Å². The fourth-order valence-corrected chi connectivity index (χ4v) is 3.06. The lowest BCUT2D eigenvalue weighted by Crippen LogP contribution is -2.44. The minimum absolute atomic E-state index is 0.215. The second kappa shape index (κ2) is 6.98. The number of rotatable bonds is 4. The van der Waals surface area contributed by atoms with Crippen molar-refractivity contribution < 1.29 is 28.5 Å². The molecular weight excluding hydrogens is 360 g/mol. The molecule has 6 nitrogen and oxygen atoms in total. The predicted molar refractivity (Wildman–Crippen MR) is 101 cm³/mol. The van der Waals surface area contributed by atoms with Crippen LogP contribution in [0.4, 0.5) is 0 Å². The summed E-state index contributed by atoms with van der Waals surface area (Å²) in [6, 6.07) is 18.1. The van der Waals surface area contributed by atoms with Crippen LogP contribution < -0.4 is 9.47 Å². The SMILES string of the molecule is CC(=O)Oc1cccc2cc3c(cc12)OC(C)(OCc1ccccc1)OC3=O. The topological polar surface area (TPSA) is 71.1 Å². The van der Waals surface area contributed by atoms with Crippen LogP contribution in [0.1, 0.15) is 29.8 Å². The molecule has 0 saturated carbocycles. The minimum Gasteiger partial charge on any atom is -0.429 e. The van der Waals surface area contributed by atoms with Crippen LogP contribution in [-0.4, -0.2) is 17.9 Å². The van der Waals surface area contributed by atoms with Crippen molar-refractivity contribution in [2.75, 3.05) is 0 Å². The zero-order valence-corrected chi connectivity index (χ0v) is 15.4. The van der Waals surface area contributed by atoms with E-state index in [4.69, 9.17) is 18.9 Å². The fraction of sp³-hybridized carbons (Fsp3) is 0.182.